The Hall–Kier alpha value is -2.26. The molecular weight excluding hydrogens is 465 g/mol. The molecule has 98 valence electrons. The average Bonchev–Trinajstić information content (AvgIpc) is 2.13. The van der Waals surface area contributed by atoms with Gasteiger partial charge in [0.1, 0.15) is 0 Å². The van der Waals surface area contributed by atoms with Crippen molar-refractivity contribution in [2.24, 2.45) is 0 Å². The fourth-order valence-corrected chi connectivity index (χ4v) is 1.10. The molecule has 0 saturated heterocycles. The van der Waals surface area contributed by atoms with Gasteiger partial charge in [-0.15, -0.1) is 10.1 Å². The first-order chi connectivity index (χ1) is 8.25. The Kier molecular flexibility index (Phi) is 5.35. The van der Waals surface area contributed by atoms with Crippen LogP contribution in [0.3, 0.4) is 0 Å². The van der Waals surface area contributed by atoms with Gasteiger partial charge in [-0.1, -0.05) is 6.07 Å². The summed E-state index contributed by atoms with van der Waals surface area (Å²) in [6.07, 6.45) is 0. The number of hydrogen-bond donors (Lipinski definition) is 0. The summed E-state index contributed by atoms with van der Waals surface area (Å²) in [6, 6.07) is 0.0864. The summed E-state index contributed by atoms with van der Waals surface area (Å²) in [5.41, 5.74) is -3.09. The fraction of sp³-hybridized carbons (Fsp3) is 0. The second kappa shape index (κ2) is 6.07. The predicted octanol–water partition coefficient (Wildman–Crippen LogP) is -1.16. The van der Waals surface area contributed by atoms with Crippen molar-refractivity contribution in [1.82, 2.24) is 0 Å². The van der Waals surface area contributed by atoms with Crippen LogP contribution in [0, 0.1) is 30.3 Å². The van der Waals surface area contributed by atoms with Crippen LogP contribution in [0.15, 0.2) is 6.07 Å². The molecule has 0 aliphatic heterocycles. The molecule has 0 amide bonds. The molecule has 0 aliphatic rings. The average molecular weight is 466 g/mol. The number of nitro benzene ring substituents is 2. The number of hydrogen-bond acceptors (Lipinski definition) is 9. The summed E-state index contributed by atoms with van der Waals surface area (Å²) < 4.78 is 0. The molecule has 1 aromatic carbocycles. The maximum atomic E-state index is 11.1. The Morgan fingerprint density at radius 3 is 1.53 bits per heavy atom. The van der Waals surface area contributed by atoms with Gasteiger partial charge < -0.3 is 10.2 Å². The largest absolute Gasteiger partial charge is 2.00 e. The van der Waals surface area contributed by atoms with Crippen molar-refractivity contribution in [2.75, 3.05) is 0 Å². The van der Waals surface area contributed by atoms with Gasteiger partial charge in [-0.2, -0.15) is 0 Å². The van der Waals surface area contributed by atoms with Gasteiger partial charge in [0.15, 0.2) is 0 Å². The summed E-state index contributed by atoms with van der Waals surface area (Å²) in [4.78, 5) is 31.8. The molecule has 0 aliphatic carbocycles. The van der Waals surface area contributed by atoms with Gasteiger partial charge in [-0.25, -0.2) is 0 Å². The van der Waals surface area contributed by atoms with Crippen molar-refractivity contribution < 1.29 is 30.0 Å². The van der Waals surface area contributed by atoms with Crippen LogP contribution in [0.5, 0.6) is 17.2 Å². The number of nitro groups is 2. The van der Waals surface area contributed by atoms with E-state index in [0.29, 0.717) is 0 Å². The first-order valence-corrected chi connectivity index (χ1v) is 3.91. The molecule has 0 fully saturated rings. The second-order valence-electron chi connectivity index (χ2n) is 2.73. The molecule has 0 spiro atoms. The number of rotatable bonds is 4. The van der Waals surface area contributed by atoms with E-state index in [2.05, 4.69) is 4.84 Å². The summed E-state index contributed by atoms with van der Waals surface area (Å²) in [6.45, 7) is 0. The molecule has 0 N–H and O–H groups in total. The van der Waals surface area contributed by atoms with Gasteiger partial charge >= 0.3 is 27.3 Å². The van der Waals surface area contributed by atoms with E-state index in [4.69, 9.17) is 0 Å². The minimum atomic E-state index is -1.60. The minimum Gasteiger partial charge on any atom is -0.868 e. The molecule has 1 aromatic rings. The first kappa shape index (κ1) is 16.7. The van der Waals surface area contributed by atoms with E-state index in [1.54, 1.807) is 0 Å². The number of benzene rings is 1. The zero-order valence-corrected chi connectivity index (χ0v) is 12.5. The Morgan fingerprint density at radius 1 is 0.895 bits per heavy atom. The van der Waals surface area contributed by atoms with Crippen molar-refractivity contribution >= 4 is 38.7 Å². The first-order valence-electron chi connectivity index (χ1n) is 3.91. The van der Waals surface area contributed by atoms with E-state index in [1.165, 1.54) is 0 Å². The molecule has 0 unspecified atom stereocenters. The molecule has 0 bridgehead atoms. The second-order valence-corrected chi connectivity index (χ2v) is 2.73. The van der Waals surface area contributed by atoms with Gasteiger partial charge in [0.25, 0.3) is 22.2 Å². The van der Waals surface area contributed by atoms with E-state index in [1.807, 2.05) is 0 Å². The Bertz CT molecular complexity index is 521. The van der Waals surface area contributed by atoms with Crippen LogP contribution in [0.1, 0.15) is 0 Å². The maximum absolute atomic E-state index is 11.1. The van der Waals surface area contributed by atoms with Crippen LogP contribution < -0.4 is 15.1 Å². The van der Waals surface area contributed by atoms with Crippen LogP contribution in [0.2, 0.25) is 0 Å². The Balaban J connectivity index is 0.00000324. The zero-order chi connectivity index (χ0) is 14.0. The molecule has 1 rings (SSSR count). The van der Waals surface area contributed by atoms with Crippen LogP contribution in [-0.2, 0) is 0 Å². The smallest absolute Gasteiger partial charge is 0.868 e. The molecule has 0 heterocycles. The third-order valence-corrected chi connectivity index (χ3v) is 1.69. The third kappa shape index (κ3) is 3.36. The van der Waals surface area contributed by atoms with Gasteiger partial charge in [0.05, 0.1) is 9.85 Å². The Morgan fingerprint density at radius 2 is 1.26 bits per heavy atom. The van der Waals surface area contributed by atoms with Crippen LogP contribution in [0.25, 0.3) is 0 Å². The molecular formula is C6HN3O9Pb. The molecule has 19 heavy (non-hydrogen) atoms. The molecule has 2 radical (unpaired) electrons. The predicted molar refractivity (Wildman–Crippen MR) is 52.0 cm³/mol. The monoisotopic (exact) mass is 467 g/mol. The normalized spacial score (nSPS) is 9.26. The van der Waals surface area contributed by atoms with Gasteiger partial charge in [-0.05, 0) is 11.5 Å². The molecule has 13 heteroatoms. The third-order valence-electron chi connectivity index (χ3n) is 1.69. The fourth-order valence-electron chi connectivity index (χ4n) is 1.10. The standard InChI is InChI=1S/C6H3N3O9.Pb/c10-2-1-3(11)5(8(14)15)6(18-9(16)17)4(2)7(12)13;/h1,10-11H;/q;+2/p-2. The van der Waals surface area contributed by atoms with E-state index in [-0.39, 0.29) is 33.4 Å². The van der Waals surface area contributed by atoms with E-state index < -0.39 is 43.6 Å². The van der Waals surface area contributed by atoms with Gasteiger partial charge in [0.2, 0.25) is 0 Å². The maximum Gasteiger partial charge on any atom is 2.00 e. The topological polar surface area (TPSA) is 185 Å². The zero-order valence-electron chi connectivity index (χ0n) is 8.59. The minimum absolute atomic E-state index is 0. The van der Waals surface area contributed by atoms with Gasteiger partial charge in [0, 0.05) is 0 Å². The van der Waals surface area contributed by atoms with Crippen molar-refractivity contribution in [3.8, 4) is 17.2 Å². The van der Waals surface area contributed by atoms with E-state index in [9.17, 15) is 40.6 Å². The molecule has 12 nitrogen and oxygen atoms in total. The molecule has 0 saturated carbocycles. The molecule has 0 atom stereocenters. The summed E-state index contributed by atoms with van der Waals surface area (Å²) in [7, 11) is 0. The Labute approximate surface area is 122 Å². The van der Waals surface area contributed by atoms with Crippen molar-refractivity contribution in [2.45, 2.75) is 0 Å². The summed E-state index contributed by atoms with van der Waals surface area (Å²) in [5, 5.41) is 51.6. The van der Waals surface area contributed by atoms with Crippen molar-refractivity contribution in [1.29, 1.82) is 0 Å². The van der Waals surface area contributed by atoms with E-state index >= 15 is 0 Å². The van der Waals surface area contributed by atoms with Crippen molar-refractivity contribution in [3.05, 3.63) is 36.4 Å². The SMILES string of the molecule is O=[N+]([O-])Oc1c([N+](=O)[O-])c([O-])cc([O-])c1[N+](=O)[O-].[Pb+2]. The van der Waals surface area contributed by atoms with Gasteiger partial charge in [-0.3, -0.25) is 25.1 Å². The van der Waals surface area contributed by atoms with Crippen molar-refractivity contribution in [3.63, 3.8) is 0 Å². The van der Waals surface area contributed by atoms with E-state index in [0.717, 1.165) is 0 Å². The number of nitrogens with zero attached hydrogens (tertiary/aromatic N) is 3. The summed E-state index contributed by atoms with van der Waals surface area (Å²) in [5.74, 6) is -4.63. The van der Waals surface area contributed by atoms with Crippen LogP contribution >= 0.6 is 0 Å². The summed E-state index contributed by atoms with van der Waals surface area (Å²) >= 11 is 0. The molecule has 0 aromatic heterocycles. The quantitative estimate of drug-likeness (QED) is 0.300. The van der Waals surface area contributed by atoms with Crippen LogP contribution in [0.4, 0.5) is 11.4 Å². The van der Waals surface area contributed by atoms with Crippen LogP contribution in [-0.4, -0.2) is 42.2 Å².